The van der Waals surface area contributed by atoms with Gasteiger partial charge in [0.15, 0.2) is 0 Å². The lowest BCUT2D eigenvalue weighted by Crippen LogP contribution is -2.90. The monoisotopic (exact) mass is 511 g/mol. The molecule has 38 heavy (non-hydrogen) atoms. The molecule has 3 aliphatic heterocycles. The molecule has 0 aromatic heterocycles. The van der Waals surface area contributed by atoms with Crippen LogP contribution < -0.4 is 5.32 Å². The molecule has 2 aromatic rings. The Morgan fingerprint density at radius 2 is 2.03 bits per heavy atom. The Hall–Kier alpha value is -2.37. The first-order valence-electron chi connectivity index (χ1n) is 15.2. The molecule has 8 atom stereocenters. The van der Waals surface area contributed by atoms with E-state index in [9.17, 15) is 9.90 Å². The smallest absolute Gasteiger partial charge is 0.254 e. The summed E-state index contributed by atoms with van der Waals surface area (Å²) in [7, 11) is 0. The molecule has 2 N–H and O–H groups in total. The van der Waals surface area contributed by atoms with Crippen molar-refractivity contribution in [3.8, 4) is 5.75 Å². The number of phenolic OH excluding ortho intramolecular Hbond substituents is 1. The van der Waals surface area contributed by atoms with Crippen LogP contribution in [0.2, 0.25) is 0 Å². The lowest BCUT2D eigenvalue weighted by Gasteiger charge is -2.88. The van der Waals surface area contributed by atoms with Crippen LogP contribution in [0.1, 0.15) is 66.9 Å². The van der Waals surface area contributed by atoms with Crippen LogP contribution in [0.3, 0.4) is 0 Å². The first-order valence-corrected chi connectivity index (χ1v) is 15.2. The van der Waals surface area contributed by atoms with E-state index in [0.717, 1.165) is 37.9 Å². The molecule has 5 nitrogen and oxygen atoms in total. The molecule has 1 amide bonds. The number of amides is 1. The Labute approximate surface area is 226 Å². The van der Waals surface area contributed by atoms with E-state index in [2.05, 4.69) is 34.2 Å². The van der Waals surface area contributed by atoms with Gasteiger partial charge < -0.3 is 15.3 Å². The number of carbonyl (C=O) groups excluding carboxylic acids is 1. The summed E-state index contributed by atoms with van der Waals surface area (Å²) >= 11 is 0. The fourth-order valence-electron chi connectivity index (χ4n) is 11.0. The quantitative estimate of drug-likeness (QED) is 0.617. The van der Waals surface area contributed by atoms with E-state index in [1.807, 2.05) is 36.4 Å². The van der Waals surface area contributed by atoms with Gasteiger partial charge in [0.25, 0.3) is 5.91 Å². The molecule has 1 spiro atoms. The minimum Gasteiger partial charge on any atom is -0.508 e. The van der Waals surface area contributed by atoms with Gasteiger partial charge in [0.1, 0.15) is 5.75 Å². The van der Waals surface area contributed by atoms with Crippen molar-refractivity contribution >= 4 is 5.91 Å². The highest BCUT2D eigenvalue weighted by Crippen LogP contribution is 2.84. The predicted molar refractivity (Wildman–Crippen MR) is 148 cm³/mol. The zero-order valence-electron chi connectivity index (χ0n) is 22.6. The van der Waals surface area contributed by atoms with Crippen LogP contribution in [0.5, 0.6) is 5.75 Å². The second-order valence-electron chi connectivity index (χ2n) is 13.3. The standard InChI is InChI=1S/C33H41N3O2/c1-2-27-30-29-23(20-36(27)31(38)21-7-4-3-5-8-21)19-33(29)28-17-22-10-11-25(37)18-26(22)32(30,33)13-16-35(28)15-12-24-9-6-14-34-24/h3-5,7-8,10-11,18,23-24,27-30,34,37H,2,6,9,12-17,19-20H2,1H3/t23-,24?,27?,28?,29?,30?,32?,33?/m1/s1. The number of hydrogen-bond donors (Lipinski definition) is 2. The Balaban J connectivity index is 1.19. The van der Waals surface area contributed by atoms with Gasteiger partial charge in [0, 0.05) is 41.1 Å². The fourth-order valence-corrected chi connectivity index (χ4v) is 11.0. The van der Waals surface area contributed by atoms with E-state index < -0.39 is 0 Å². The van der Waals surface area contributed by atoms with E-state index in [0.29, 0.717) is 41.0 Å². The zero-order valence-corrected chi connectivity index (χ0v) is 22.6. The van der Waals surface area contributed by atoms with Gasteiger partial charge in [-0.15, -0.1) is 0 Å². The molecule has 2 aromatic carbocycles. The van der Waals surface area contributed by atoms with Gasteiger partial charge in [-0.05, 0) is 118 Å². The predicted octanol–water partition coefficient (Wildman–Crippen LogP) is 4.59. The Morgan fingerprint density at radius 1 is 1.16 bits per heavy atom. The van der Waals surface area contributed by atoms with E-state index >= 15 is 0 Å². The molecule has 2 saturated carbocycles. The molecule has 6 aliphatic rings. The fraction of sp³-hybridized carbons (Fsp3) is 0.606. The lowest BCUT2D eigenvalue weighted by molar-refractivity contribution is -0.349. The maximum atomic E-state index is 13.9. The van der Waals surface area contributed by atoms with Crippen molar-refractivity contribution in [2.75, 3.05) is 26.2 Å². The summed E-state index contributed by atoms with van der Waals surface area (Å²) in [5, 5.41) is 14.4. The minimum atomic E-state index is 0.0869. The Morgan fingerprint density at radius 3 is 2.82 bits per heavy atom. The molecule has 3 saturated heterocycles. The van der Waals surface area contributed by atoms with Crippen LogP contribution in [0.25, 0.3) is 0 Å². The maximum Gasteiger partial charge on any atom is 0.254 e. The highest BCUT2D eigenvalue weighted by molar-refractivity contribution is 5.94. The summed E-state index contributed by atoms with van der Waals surface area (Å²) < 4.78 is 0. The first kappa shape index (κ1) is 23.5. The van der Waals surface area contributed by atoms with Crippen molar-refractivity contribution in [2.45, 2.75) is 75.4 Å². The Bertz CT molecular complexity index is 1260. The average molecular weight is 512 g/mol. The summed E-state index contributed by atoms with van der Waals surface area (Å²) in [5.74, 6) is 2.43. The second kappa shape index (κ2) is 8.32. The SMILES string of the molecule is CCC1C2C3[C@@H](CN1C(=O)c1ccccc1)CC31C3Cc4ccc(O)cc4C21CCN3CCC1CCCN1. The average Bonchev–Trinajstić information content (AvgIpc) is 3.44. The van der Waals surface area contributed by atoms with Gasteiger partial charge in [0.05, 0.1) is 0 Å². The summed E-state index contributed by atoms with van der Waals surface area (Å²) in [6.07, 6.45) is 8.42. The van der Waals surface area contributed by atoms with Gasteiger partial charge in [-0.25, -0.2) is 0 Å². The van der Waals surface area contributed by atoms with Crippen molar-refractivity contribution in [2.24, 2.45) is 23.2 Å². The number of aromatic hydroxyl groups is 1. The number of benzene rings is 2. The zero-order chi connectivity index (χ0) is 25.6. The summed E-state index contributed by atoms with van der Waals surface area (Å²) in [4.78, 5) is 19.0. The number of nitrogens with one attached hydrogen (secondary N) is 1. The van der Waals surface area contributed by atoms with Crippen LogP contribution in [-0.4, -0.2) is 65.1 Å². The van der Waals surface area contributed by atoms with Crippen molar-refractivity contribution in [3.63, 3.8) is 0 Å². The lowest BCUT2D eigenvalue weighted by atomic mass is 9.20. The highest BCUT2D eigenvalue weighted by Gasteiger charge is 2.85. The van der Waals surface area contributed by atoms with Crippen LogP contribution >= 0.6 is 0 Å². The van der Waals surface area contributed by atoms with Gasteiger partial charge in [-0.1, -0.05) is 31.2 Å². The molecular weight excluding hydrogens is 470 g/mol. The van der Waals surface area contributed by atoms with Gasteiger partial charge in [-0.3, -0.25) is 9.69 Å². The molecule has 200 valence electrons. The van der Waals surface area contributed by atoms with Crippen LogP contribution in [0.15, 0.2) is 48.5 Å². The normalized spacial score (nSPS) is 40.4. The van der Waals surface area contributed by atoms with Crippen LogP contribution in [0.4, 0.5) is 0 Å². The topological polar surface area (TPSA) is 55.8 Å². The number of likely N-dealkylation sites (tertiary alicyclic amines) is 2. The summed E-state index contributed by atoms with van der Waals surface area (Å²) in [5.41, 5.74) is 4.11. The van der Waals surface area contributed by atoms with Gasteiger partial charge in [0.2, 0.25) is 0 Å². The molecule has 2 bridgehead atoms. The molecule has 3 aliphatic carbocycles. The summed E-state index contributed by atoms with van der Waals surface area (Å²) in [6.45, 7) is 6.73. The number of carbonyl (C=O) groups is 1. The van der Waals surface area contributed by atoms with Crippen LogP contribution in [0, 0.1) is 23.2 Å². The van der Waals surface area contributed by atoms with Gasteiger partial charge >= 0.3 is 0 Å². The molecular formula is C33H41N3O2. The van der Waals surface area contributed by atoms with Crippen LogP contribution in [-0.2, 0) is 11.8 Å². The van der Waals surface area contributed by atoms with E-state index in [1.54, 1.807) is 0 Å². The first-order chi connectivity index (χ1) is 18.6. The van der Waals surface area contributed by atoms with Crippen molar-refractivity contribution in [1.82, 2.24) is 15.1 Å². The van der Waals surface area contributed by atoms with Crippen molar-refractivity contribution in [3.05, 3.63) is 65.2 Å². The third kappa shape index (κ3) is 2.82. The third-order valence-electron chi connectivity index (χ3n) is 12.2. The molecule has 5 heteroatoms. The number of piperidine rings is 2. The second-order valence-corrected chi connectivity index (χ2v) is 13.3. The number of fused-ring (bicyclic) bond motifs is 1. The van der Waals surface area contributed by atoms with E-state index in [1.165, 1.54) is 49.9 Å². The van der Waals surface area contributed by atoms with Crippen molar-refractivity contribution in [1.29, 1.82) is 0 Å². The molecule has 0 radical (unpaired) electrons. The van der Waals surface area contributed by atoms with E-state index in [-0.39, 0.29) is 17.4 Å². The highest BCUT2D eigenvalue weighted by atomic mass is 16.3. The summed E-state index contributed by atoms with van der Waals surface area (Å²) in [6, 6.07) is 17.7. The Kier molecular flexibility index (Phi) is 5.14. The largest absolute Gasteiger partial charge is 0.508 e. The number of rotatable bonds is 5. The third-order valence-corrected chi connectivity index (χ3v) is 12.2. The molecule has 3 heterocycles. The number of hydrogen-bond acceptors (Lipinski definition) is 4. The van der Waals surface area contributed by atoms with Crippen molar-refractivity contribution < 1.29 is 9.90 Å². The maximum absolute atomic E-state index is 13.9. The number of nitrogens with zero attached hydrogens (tertiary/aromatic N) is 2. The molecule has 5 fully saturated rings. The minimum absolute atomic E-state index is 0.0869. The molecule has 7 unspecified atom stereocenters. The van der Waals surface area contributed by atoms with Gasteiger partial charge in [-0.2, -0.15) is 0 Å². The van der Waals surface area contributed by atoms with E-state index in [4.69, 9.17) is 0 Å². The molecule has 8 rings (SSSR count). The number of phenols is 1.